The average molecular weight is 627 g/mol. The van der Waals surface area contributed by atoms with Crippen molar-refractivity contribution in [3.63, 3.8) is 0 Å². The highest BCUT2D eigenvalue weighted by Crippen LogP contribution is 2.53. The summed E-state index contributed by atoms with van der Waals surface area (Å²) in [7, 11) is 0. The number of furan rings is 2. The van der Waals surface area contributed by atoms with E-state index < -0.39 is 0 Å². The van der Waals surface area contributed by atoms with E-state index in [0.29, 0.717) is 0 Å². The third-order valence-electron chi connectivity index (χ3n) is 11.1. The van der Waals surface area contributed by atoms with Gasteiger partial charge in [0, 0.05) is 32.5 Å². The van der Waals surface area contributed by atoms with Gasteiger partial charge in [-0.15, -0.1) is 0 Å². The Balaban J connectivity index is 1.29. The summed E-state index contributed by atoms with van der Waals surface area (Å²) in [6, 6.07) is 52.7. The van der Waals surface area contributed by atoms with E-state index >= 15 is 0 Å². The van der Waals surface area contributed by atoms with Gasteiger partial charge in [-0.3, -0.25) is 0 Å². The summed E-state index contributed by atoms with van der Waals surface area (Å²) in [6.07, 6.45) is 0. The molecule has 2 aromatic heterocycles. The van der Waals surface area contributed by atoms with Crippen molar-refractivity contribution in [1.29, 1.82) is 0 Å². The summed E-state index contributed by atoms with van der Waals surface area (Å²) in [5.74, 6) is 0. The van der Waals surface area contributed by atoms with Gasteiger partial charge >= 0.3 is 0 Å². The van der Waals surface area contributed by atoms with E-state index in [0.717, 1.165) is 55.0 Å². The van der Waals surface area contributed by atoms with Crippen molar-refractivity contribution in [1.82, 2.24) is 0 Å². The molecule has 0 N–H and O–H groups in total. The third-order valence-corrected chi connectivity index (χ3v) is 11.1. The Morgan fingerprint density at radius 1 is 0.367 bits per heavy atom. The van der Waals surface area contributed by atoms with Gasteiger partial charge in [-0.2, -0.15) is 0 Å². The Hall–Kier alpha value is -6.12. The van der Waals surface area contributed by atoms with Crippen molar-refractivity contribution in [2.24, 2.45) is 0 Å². The van der Waals surface area contributed by atoms with Crippen LogP contribution >= 0.6 is 0 Å². The van der Waals surface area contributed by atoms with E-state index in [1.165, 1.54) is 54.9 Å². The summed E-state index contributed by atoms with van der Waals surface area (Å²) < 4.78 is 13.6. The molecule has 0 aliphatic heterocycles. The molecule has 2 nitrogen and oxygen atoms in total. The Kier molecular flexibility index (Phi) is 5.21. The zero-order valence-electron chi connectivity index (χ0n) is 27.2. The molecule has 8 aromatic carbocycles. The molecule has 0 unspecified atom stereocenters. The van der Waals surface area contributed by atoms with Gasteiger partial charge < -0.3 is 8.83 Å². The van der Waals surface area contributed by atoms with E-state index in [1.807, 2.05) is 12.1 Å². The van der Waals surface area contributed by atoms with Gasteiger partial charge in [0.1, 0.15) is 22.3 Å². The van der Waals surface area contributed by atoms with Gasteiger partial charge in [0.05, 0.1) is 5.56 Å². The SMILES string of the molecule is CC1(C)c2ccccc2-c2ccc(-c3c4ccccc4c(-c4c5oc6ccccc6c5cc5c4oc4ccccc45)c4ccccc34)cc21. The molecule has 1 aliphatic rings. The highest BCUT2D eigenvalue weighted by molar-refractivity contribution is 6.29. The van der Waals surface area contributed by atoms with Crippen LogP contribution in [-0.4, -0.2) is 0 Å². The van der Waals surface area contributed by atoms with Crippen LogP contribution in [0.2, 0.25) is 0 Å². The number of hydrogen-bond donors (Lipinski definition) is 0. The van der Waals surface area contributed by atoms with Crippen LogP contribution in [0.4, 0.5) is 0 Å². The van der Waals surface area contributed by atoms with Crippen LogP contribution in [-0.2, 0) is 5.41 Å². The van der Waals surface area contributed by atoms with E-state index in [4.69, 9.17) is 8.83 Å². The van der Waals surface area contributed by atoms with Gasteiger partial charge in [-0.25, -0.2) is 0 Å². The van der Waals surface area contributed by atoms with Crippen molar-refractivity contribution in [2.45, 2.75) is 19.3 Å². The van der Waals surface area contributed by atoms with E-state index in [1.54, 1.807) is 0 Å². The lowest BCUT2D eigenvalue weighted by Crippen LogP contribution is -2.14. The van der Waals surface area contributed by atoms with Crippen LogP contribution in [0.5, 0.6) is 0 Å². The van der Waals surface area contributed by atoms with Crippen molar-refractivity contribution in [3.05, 3.63) is 157 Å². The van der Waals surface area contributed by atoms with Gasteiger partial charge in [0.2, 0.25) is 0 Å². The quantitative estimate of drug-likeness (QED) is 0.178. The molecule has 0 radical (unpaired) electrons. The van der Waals surface area contributed by atoms with Gasteiger partial charge in [0.25, 0.3) is 0 Å². The molecule has 0 spiro atoms. The first-order chi connectivity index (χ1) is 24.1. The fourth-order valence-electron chi connectivity index (χ4n) is 8.83. The monoisotopic (exact) mass is 626 g/mol. The number of para-hydroxylation sites is 2. The second kappa shape index (κ2) is 9.49. The second-order valence-corrected chi connectivity index (χ2v) is 14.0. The zero-order chi connectivity index (χ0) is 32.4. The van der Waals surface area contributed by atoms with Crippen LogP contribution in [0.25, 0.3) is 98.8 Å². The molecule has 2 heteroatoms. The van der Waals surface area contributed by atoms with Crippen molar-refractivity contribution in [3.8, 4) is 33.4 Å². The number of benzene rings is 8. The Morgan fingerprint density at radius 2 is 0.837 bits per heavy atom. The van der Waals surface area contributed by atoms with Crippen LogP contribution in [0.1, 0.15) is 25.0 Å². The highest BCUT2D eigenvalue weighted by Gasteiger charge is 2.35. The van der Waals surface area contributed by atoms with E-state index in [-0.39, 0.29) is 5.41 Å². The molecule has 0 fully saturated rings. The van der Waals surface area contributed by atoms with Crippen molar-refractivity contribution in [2.75, 3.05) is 0 Å². The topological polar surface area (TPSA) is 26.3 Å². The molecule has 1 aliphatic carbocycles. The van der Waals surface area contributed by atoms with Crippen LogP contribution < -0.4 is 0 Å². The molecule has 2 heterocycles. The minimum atomic E-state index is -0.0860. The van der Waals surface area contributed by atoms with Crippen LogP contribution in [0.3, 0.4) is 0 Å². The second-order valence-electron chi connectivity index (χ2n) is 14.0. The summed E-state index contributed by atoms with van der Waals surface area (Å²) in [4.78, 5) is 0. The third kappa shape index (κ3) is 3.50. The first-order valence-corrected chi connectivity index (χ1v) is 17.0. The molecule has 0 amide bonds. The number of hydrogen-bond acceptors (Lipinski definition) is 2. The molecular weight excluding hydrogens is 597 g/mol. The van der Waals surface area contributed by atoms with Crippen molar-refractivity contribution < 1.29 is 8.83 Å². The summed E-state index contributed by atoms with van der Waals surface area (Å²) in [5.41, 5.74) is 13.4. The predicted molar refractivity (Wildman–Crippen MR) is 204 cm³/mol. The van der Waals surface area contributed by atoms with Gasteiger partial charge in [-0.05, 0) is 79.2 Å². The Bertz CT molecular complexity index is 2880. The maximum Gasteiger partial charge on any atom is 0.147 e. The highest BCUT2D eigenvalue weighted by atomic mass is 16.3. The summed E-state index contributed by atoms with van der Waals surface area (Å²) >= 11 is 0. The van der Waals surface area contributed by atoms with Gasteiger partial charge in [0.15, 0.2) is 0 Å². The number of rotatable bonds is 2. The predicted octanol–water partition coefficient (Wildman–Crippen LogP) is 13.4. The smallest absolute Gasteiger partial charge is 0.147 e. The maximum absolute atomic E-state index is 6.80. The molecule has 0 bridgehead atoms. The first kappa shape index (κ1) is 26.9. The zero-order valence-corrected chi connectivity index (χ0v) is 27.2. The van der Waals surface area contributed by atoms with Crippen LogP contribution in [0, 0.1) is 0 Å². The molecule has 230 valence electrons. The molecule has 10 aromatic rings. The lowest BCUT2D eigenvalue weighted by atomic mass is 9.80. The maximum atomic E-state index is 6.80. The normalized spacial score (nSPS) is 13.7. The minimum Gasteiger partial charge on any atom is -0.455 e. The molecule has 0 atom stereocenters. The fourth-order valence-corrected chi connectivity index (χ4v) is 8.83. The molecular formula is C47H30O2. The standard InChI is InChI=1S/C47H30O2/c1-47(2)38-20-10-7-13-28(38)29-24-23-27(25-39(29)47)42-32-16-3-5-18-34(32)43(35-19-6-4-17-33(35)42)44-45-36(30-14-8-11-21-40(30)48-45)26-37-31-15-9-12-22-41(31)49-46(37)44/h3-26H,1-2H3. The Labute approximate surface area is 282 Å². The molecule has 11 rings (SSSR count). The number of fused-ring (bicyclic) bond motifs is 11. The first-order valence-electron chi connectivity index (χ1n) is 17.0. The van der Waals surface area contributed by atoms with E-state index in [2.05, 4.69) is 147 Å². The van der Waals surface area contributed by atoms with Crippen molar-refractivity contribution >= 4 is 65.4 Å². The van der Waals surface area contributed by atoms with E-state index in [9.17, 15) is 0 Å². The lowest BCUT2D eigenvalue weighted by molar-refractivity contribution is 0.658. The fraction of sp³-hybridized carbons (Fsp3) is 0.0638. The Morgan fingerprint density at radius 3 is 1.43 bits per heavy atom. The summed E-state index contributed by atoms with van der Waals surface area (Å²) in [5, 5.41) is 9.19. The summed E-state index contributed by atoms with van der Waals surface area (Å²) in [6.45, 7) is 4.71. The molecule has 0 saturated carbocycles. The average Bonchev–Trinajstić information content (AvgIpc) is 3.78. The van der Waals surface area contributed by atoms with Crippen LogP contribution in [0.15, 0.2) is 154 Å². The molecule has 0 saturated heterocycles. The lowest BCUT2D eigenvalue weighted by Gasteiger charge is -2.23. The molecule has 49 heavy (non-hydrogen) atoms. The minimum absolute atomic E-state index is 0.0860. The van der Waals surface area contributed by atoms with Gasteiger partial charge in [-0.1, -0.05) is 135 Å². The largest absolute Gasteiger partial charge is 0.455 e.